The van der Waals surface area contributed by atoms with Gasteiger partial charge in [-0.05, 0) is 23.6 Å². The smallest absolute Gasteiger partial charge is 0.270 e. The second-order valence-corrected chi connectivity index (χ2v) is 6.21. The molecule has 0 aliphatic carbocycles. The molecule has 0 saturated carbocycles. The third-order valence-electron chi connectivity index (χ3n) is 4.71. The lowest BCUT2D eigenvalue weighted by Crippen LogP contribution is -2.50. The zero-order valence-electron chi connectivity index (χ0n) is 13.8. The summed E-state index contributed by atoms with van der Waals surface area (Å²) in [6.07, 6.45) is 3.53. The lowest BCUT2D eigenvalue weighted by atomic mass is 10.1. The topological polar surface area (TPSA) is 67.2 Å². The maximum Gasteiger partial charge on any atom is 0.270 e. The van der Waals surface area contributed by atoms with Crippen molar-refractivity contribution in [1.29, 1.82) is 0 Å². The standard InChI is InChI=1S/C19H18N4O2/c1-22-14(12-23-10-4-7-16(23)19(22)25)11-21-18(24)17-15-6-3-2-5-13(15)8-9-20-17/h2-10,14H,11-12H2,1H3,(H,21,24). The van der Waals surface area contributed by atoms with E-state index >= 15 is 0 Å². The predicted molar refractivity (Wildman–Crippen MR) is 94.4 cm³/mol. The molecular formula is C19H18N4O2. The molecule has 1 aromatic carbocycles. The summed E-state index contributed by atoms with van der Waals surface area (Å²) in [5, 5.41) is 4.73. The first-order chi connectivity index (χ1) is 12.1. The average molecular weight is 334 g/mol. The lowest BCUT2D eigenvalue weighted by Gasteiger charge is -2.33. The van der Waals surface area contributed by atoms with E-state index in [2.05, 4.69) is 10.3 Å². The minimum absolute atomic E-state index is 0.0289. The Balaban J connectivity index is 1.51. The van der Waals surface area contributed by atoms with Crippen LogP contribution in [0, 0.1) is 0 Å². The molecule has 25 heavy (non-hydrogen) atoms. The van der Waals surface area contributed by atoms with E-state index in [0.29, 0.717) is 24.5 Å². The molecular weight excluding hydrogens is 316 g/mol. The van der Waals surface area contributed by atoms with Gasteiger partial charge in [-0.2, -0.15) is 0 Å². The Morgan fingerprint density at radius 1 is 1.24 bits per heavy atom. The van der Waals surface area contributed by atoms with Gasteiger partial charge in [0.05, 0.1) is 6.04 Å². The first-order valence-electron chi connectivity index (χ1n) is 8.19. The lowest BCUT2D eigenvalue weighted by molar-refractivity contribution is 0.0645. The molecule has 0 radical (unpaired) electrons. The predicted octanol–water partition coefficient (Wildman–Crippen LogP) is 1.92. The number of nitrogens with zero attached hydrogens (tertiary/aromatic N) is 3. The van der Waals surface area contributed by atoms with E-state index in [1.54, 1.807) is 18.1 Å². The van der Waals surface area contributed by atoms with Crippen LogP contribution in [0.25, 0.3) is 10.8 Å². The normalized spacial score (nSPS) is 16.8. The summed E-state index contributed by atoms with van der Waals surface area (Å²) in [7, 11) is 1.77. The number of rotatable bonds is 3. The fourth-order valence-corrected chi connectivity index (χ4v) is 3.26. The fraction of sp³-hybridized carbons (Fsp3) is 0.211. The number of nitrogens with one attached hydrogen (secondary N) is 1. The van der Waals surface area contributed by atoms with E-state index in [4.69, 9.17) is 0 Å². The van der Waals surface area contributed by atoms with E-state index in [-0.39, 0.29) is 17.9 Å². The Morgan fingerprint density at radius 2 is 2.08 bits per heavy atom. The van der Waals surface area contributed by atoms with Crippen LogP contribution in [0.5, 0.6) is 0 Å². The number of amides is 2. The number of carbonyl (C=O) groups is 2. The monoisotopic (exact) mass is 334 g/mol. The molecule has 0 bridgehead atoms. The summed E-state index contributed by atoms with van der Waals surface area (Å²) in [4.78, 5) is 30.9. The van der Waals surface area contributed by atoms with Crippen LogP contribution >= 0.6 is 0 Å². The van der Waals surface area contributed by atoms with Crippen molar-refractivity contribution in [3.8, 4) is 0 Å². The minimum Gasteiger partial charge on any atom is -0.349 e. The SMILES string of the molecule is CN1C(=O)c2cccn2CC1CNC(=O)c1nccc2ccccc12. The molecule has 3 aromatic rings. The zero-order valence-corrected chi connectivity index (χ0v) is 13.8. The molecule has 4 rings (SSSR count). The number of fused-ring (bicyclic) bond motifs is 2. The van der Waals surface area contributed by atoms with Crippen molar-refractivity contribution in [3.05, 3.63) is 66.2 Å². The Kier molecular flexibility index (Phi) is 3.72. The summed E-state index contributed by atoms with van der Waals surface area (Å²) in [5.74, 6) is -0.255. The van der Waals surface area contributed by atoms with Crippen molar-refractivity contribution >= 4 is 22.6 Å². The van der Waals surface area contributed by atoms with E-state index in [9.17, 15) is 9.59 Å². The Hall–Kier alpha value is -3.15. The van der Waals surface area contributed by atoms with Gasteiger partial charge in [-0.3, -0.25) is 14.6 Å². The molecule has 1 aliphatic heterocycles. The van der Waals surface area contributed by atoms with Gasteiger partial charge in [0.25, 0.3) is 11.8 Å². The number of carbonyl (C=O) groups excluding carboxylic acids is 2. The highest BCUT2D eigenvalue weighted by Crippen LogP contribution is 2.18. The highest BCUT2D eigenvalue weighted by atomic mass is 16.2. The number of likely N-dealkylation sites (N-methyl/N-ethyl adjacent to an activating group) is 1. The molecule has 1 atom stereocenters. The molecule has 0 fully saturated rings. The second kappa shape index (κ2) is 6.05. The van der Waals surface area contributed by atoms with Crippen molar-refractivity contribution in [2.24, 2.45) is 0 Å². The van der Waals surface area contributed by atoms with Crippen LogP contribution < -0.4 is 5.32 Å². The summed E-state index contributed by atoms with van der Waals surface area (Å²) in [6.45, 7) is 1.04. The number of hydrogen-bond acceptors (Lipinski definition) is 3. The maximum atomic E-state index is 12.6. The first-order valence-corrected chi connectivity index (χ1v) is 8.19. The third-order valence-corrected chi connectivity index (χ3v) is 4.71. The Labute approximate surface area is 145 Å². The Bertz CT molecular complexity index is 957. The van der Waals surface area contributed by atoms with Gasteiger partial charge in [-0.25, -0.2) is 0 Å². The van der Waals surface area contributed by atoms with Gasteiger partial charge < -0.3 is 14.8 Å². The van der Waals surface area contributed by atoms with E-state index in [1.807, 2.05) is 53.2 Å². The van der Waals surface area contributed by atoms with Gasteiger partial charge in [0.15, 0.2) is 0 Å². The molecule has 2 aromatic heterocycles. The van der Waals surface area contributed by atoms with Crippen molar-refractivity contribution in [2.45, 2.75) is 12.6 Å². The van der Waals surface area contributed by atoms with Crippen LogP contribution in [0.2, 0.25) is 0 Å². The summed E-state index contributed by atoms with van der Waals surface area (Å²) in [6, 6.07) is 13.1. The number of hydrogen-bond donors (Lipinski definition) is 1. The van der Waals surface area contributed by atoms with Crippen LogP contribution in [0.4, 0.5) is 0 Å². The minimum atomic E-state index is -0.226. The van der Waals surface area contributed by atoms with Gasteiger partial charge in [0.2, 0.25) is 0 Å². The number of pyridine rings is 1. The third kappa shape index (κ3) is 2.65. The number of benzene rings is 1. The van der Waals surface area contributed by atoms with Crippen molar-refractivity contribution in [3.63, 3.8) is 0 Å². The highest BCUT2D eigenvalue weighted by molar-refractivity contribution is 6.05. The van der Waals surface area contributed by atoms with Gasteiger partial charge >= 0.3 is 0 Å². The van der Waals surface area contributed by atoms with E-state index < -0.39 is 0 Å². The summed E-state index contributed by atoms with van der Waals surface area (Å²) in [5.41, 5.74) is 1.09. The van der Waals surface area contributed by atoms with Crippen LogP contribution in [-0.4, -0.2) is 45.9 Å². The van der Waals surface area contributed by atoms with Crippen LogP contribution in [-0.2, 0) is 6.54 Å². The second-order valence-electron chi connectivity index (χ2n) is 6.21. The van der Waals surface area contributed by atoms with E-state index in [0.717, 1.165) is 10.8 Å². The quantitative estimate of drug-likeness (QED) is 0.796. The number of aromatic nitrogens is 2. The van der Waals surface area contributed by atoms with Crippen LogP contribution in [0.15, 0.2) is 54.9 Å². The molecule has 1 aliphatic rings. The first kappa shape index (κ1) is 15.4. The van der Waals surface area contributed by atoms with Crippen LogP contribution in [0.3, 0.4) is 0 Å². The summed E-state index contributed by atoms with van der Waals surface area (Å²) >= 11 is 0. The van der Waals surface area contributed by atoms with Crippen molar-refractivity contribution in [1.82, 2.24) is 19.8 Å². The van der Waals surface area contributed by atoms with Gasteiger partial charge in [-0.1, -0.05) is 24.3 Å². The molecule has 6 nitrogen and oxygen atoms in total. The molecule has 0 spiro atoms. The van der Waals surface area contributed by atoms with Gasteiger partial charge in [-0.15, -0.1) is 0 Å². The zero-order chi connectivity index (χ0) is 17.4. The molecule has 1 unspecified atom stereocenters. The highest BCUT2D eigenvalue weighted by Gasteiger charge is 2.29. The molecule has 6 heteroatoms. The molecule has 126 valence electrons. The molecule has 3 heterocycles. The van der Waals surface area contributed by atoms with Gasteiger partial charge in [0, 0.05) is 37.9 Å². The maximum absolute atomic E-state index is 12.6. The fourth-order valence-electron chi connectivity index (χ4n) is 3.26. The molecule has 2 amide bonds. The average Bonchev–Trinajstić information content (AvgIpc) is 3.11. The molecule has 0 saturated heterocycles. The Morgan fingerprint density at radius 3 is 2.96 bits per heavy atom. The largest absolute Gasteiger partial charge is 0.349 e. The molecule has 1 N–H and O–H groups in total. The van der Waals surface area contributed by atoms with Gasteiger partial charge in [0.1, 0.15) is 11.4 Å². The van der Waals surface area contributed by atoms with Crippen molar-refractivity contribution < 1.29 is 9.59 Å². The van der Waals surface area contributed by atoms with E-state index in [1.165, 1.54) is 0 Å². The summed E-state index contributed by atoms with van der Waals surface area (Å²) < 4.78 is 1.93. The van der Waals surface area contributed by atoms with Crippen LogP contribution in [0.1, 0.15) is 21.0 Å². The van der Waals surface area contributed by atoms with Crippen molar-refractivity contribution in [2.75, 3.05) is 13.6 Å².